The van der Waals surface area contributed by atoms with E-state index in [1.165, 1.54) is 19.3 Å². The van der Waals surface area contributed by atoms with Crippen molar-refractivity contribution in [3.8, 4) is 0 Å². The number of carboxylic acids is 1. The molecular formula is C15H22N2O2. The van der Waals surface area contributed by atoms with Crippen molar-refractivity contribution < 1.29 is 9.90 Å². The van der Waals surface area contributed by atoms with Crippen LogP contribution in [0.4, 0.5) is 5.82 Å². The maximum absolute atomic E-state index is 11.5. The summed E-state index contributed by atoms with van der Waals surface area (Å²) in [7, 11) is 0. The minimum absolute atomic E-state index is 0.353. The van der Waals surface area contributed by atoms with Gasteiger partial charge in [-0.15, -0.1) is 0 Å². The predicted molar refractivity (Wildman–Crippen MR) is 75.9 cm³/mol. The quantitative estimate of drug-likeness (QED) is 0.886. The van der Waals surface area contributed by atoms with Crippen molar-refractivity contribution in [1.29, 1.82) is 0 Å². The molecule has 1 heterocycles. The van der Waals surface area contributed by atoms with E-state index in [1.807, 2.05) is 19.9 Å². The standard InChI is InChI=1S/C15H22N2O2/c1-4-17(9-12-6-5-7-12)14-13(15(18)19)10(2)8-11(3)16-14/h8,12H,4-7,9H2,1-3H3,(H,18,19). The Balaban J connectivity index is 2.36. The number of hydrogen-bond donors (Lipinski definition) is 1. The largest absolute Gasteiger partial charge is 0.478 e. The molecule has 0 atom stereocenters. The van der Waals surface area contributed by atoms with Gasteiger partial charge in [-0.1, -0.05) is 6.42 Å². The Hall–Kier alpha value is -1.58. The normalized spacial score (nSPS) is 15.1. The van der Waals surface area contributed by atoms with Gasteiger partial charge in [-0.05, 0) is 51.2 Å². The molecule has 104 valence electrons. The highest BCUT2D eigenvalue weighted by Gasteiger charge is 2.25. The third kappa shape index (κ3) is 2.88. The number of nitrogens with zero attached hydrogens (tertiary/aromatic N) is 2. The van der Waals surface area contributed by atoms with Crippen molar-refractivity contribution in [1.82, 2.24) is 4.98 Å². The minimum Gasteiger partial charge on any atom is -0.478 e. The molecule has 1 fully saturated rings. The average molecular weight is 262 g/mol. The topological polar surface area (TPSA) is 53.4 Å². The van der Waals surface area contributed by atoms with Gasteiger partial charge in [0.05, 0.1) is 0 Å². The lowest BCUT2D eigenvalue weighted by atomic mass is 9.85. The Morgan fingerprint density at radius 2 is 2.16 bits per heavy atom. The van der Waals surface area contributed by atoms with Gasteiger partial charge in [-0.3, -0.25) is 0 Å². The number of hydrogen-bond acceptors (Lipinski definition) is 3. The van der Waals surface area contributed by atoms with E-state index >= 15 is 0 Å². The van der Waals surface area contributed by atoms with Crippen molar-refractivity contribution in [2.45, 2.75) is 40.0 Å². The number of rotatable bonds is 5. The number of anilines is 1. The molecule has 0 saturated heterocycles. The molecule has 1 saturated carbocycles. The van der Waals surface area contributed by atoms with Crippen molar-refractivity contribution in [2.75, 3.05) is 18.0 Å². The number of pyridine rings is 1. The molecular weight excluding hydrogens is 240 g/mol. The SMILES string of the molecule is CCN(CC1CCC1)c1nc(C)cc(C)c1C(=O)O. The van der Waals surface area contributed by atoms with Crippen LogP contribution in [0.3, 0.4) is 0 Å². The van der Waals surface area contributed by atoms with Gasteiger partial charge >= 0.3 is 5.97 Å². The van der Waals surface area contributed by atoms with Gasteiger partial charge in [0.1, 0.15) is 11.4 Å². The molecule has 0 spiro atoms. The van der Waals surface area contributed by atoms with E-state index < -0.39 is 5.97 Å². The van der Waals surface area contributed by atoms with Gasteiger partial charge in [0.25, 0.3) is 0 Å². The summed E-state index contributed by atoms with van der Waals surface area (Å²) in [5.41, 5.74) is 2.03. The average Bonchev–Trinajstić information content (AvgIpc) is 2.26. The van der Waals surface area contributed by atoms with E-state index in [9.17, 15) is 9.90 Å². The van der Waals surface area contributed by atoms with Crippen LogP contribution in [0, 0.1) is 19.8 Å². The van der Waals surface area contributed by atoms with E-state index in [0.29, 0.717) is 17.3 Å². The highest BCUT2D eigenvalue weighted by Crippen LogP contribution is 2.30. The van der Waals surface area contributed by atoms with E-state index in [-0.39, 0.29) is 0 Å². The van der Waals surface area contributed by atoms with Gasteiger partial charge in [0.2, 0.25) is 0 Å². The van der Waals surface area contributed by atoms with Crippen LogP contribution in [0.1, 0.15) is 47.8 Å². The Kier molecular flexibility index (Phi) is 4.08. The number of carbonyl (C=O) groups is 1. The fourth-order valence-corrected chi connectivity index (χ4v) is 2.66. The van der Waals surface area contributed by atoms with Crippen LogP contribution in [-0.4, -0.2) is 29.1 Å². The van der Waals surface area contributed by atoms with Crippen LogP contribution in [-0.2, 0) is 0 Å². The van der Waals surface area contributed by atoms with Gasteiger partial charge in [0.15, 0.2) is 0 Å². The maximum atomic E-state index is 11.5. The molecule has 19 heavy (non-hydrogen) atoms. The second kappa shape index (κ2) is 5.59. The summed E-state index contributed by atoms with van der Waals surface area (Å²) in [6.45, 7) is 7.54. The summed E-state index contributed by atoms with van der Waals surface area (Å²) >= 11 is 0. The molecule has 2 rings (SSSR count). The van der Waals surface area contributed by atoms with Crippen LogP contribution in [0.2, 0.25) is 0 Å². The van der Waals surface area contributed by atoms with E-state index in [4.69, 9.17) is 0 Å². The summed E-state index contributed by atoms with van der Waals surface area (Å²) in [6, 6.07) is 1.84. The first kappa shape index (κ1) is 13.8. The van der Waals surface area contributed by atoms with Gasteiger partial charge in [-0.2, -0.15) is 0 Å². The van der Waals surface area contributed by atoms with Gasteiger partial charge in [-0.25, -0.2) is 9.78 Å². The summed E-state index contributed by atoms with van der Waals surface area (Å²) in [5, 5.41) is 9.42. The zero-order valence-corrected chi connectivity index (χ0v) is 11.9. The van der Waals surface area contributed by atoms with Crippen LogP contribution < -0.4 is 4.90 Å². The first-order chi connectivity index (χ1) is 9.02. The molecule has 4 heteroatoms. The van der Waals surface area contributed by atoms with Crippen molar-refractivity contribution in [3.05, 3.63) is 22.9 Å². The third-order valence-corrected chi connectivity index (χ3v) is 3.92. The Bertz CT molecular complexity index is 481. The molecule has 1 N–H and O–H groups in total. The maximum Gasteiger partial charge on any atom is 0.339 e. The van der Waals surface area contributed by atoms with Crippen molar-refractivity contribution in [2.24, 2.45) is 5.92 Å². The molecule has 4 nitrogen and oxygen atoms in total. The molecule has 0 aliphatic heterocycles. The summed E-state index contributed by atoms with van der Waals surface area (Å²) in [5.74, 6) is 0.454. The van der Waals surface area contributed by atoms with E-state index in [2.05, 4.69) is 16.8 Å². The molecule has 1 aliphatic carbocycles. The fourth-order valence-electron chi connectivity index (χ4n) is 2.66. The number of carboxylic acid groups (broad SMARTS) is 1. The molecule has 0 unspecified atom stereocenters. The first-order valence-electron chi connectivity index (χ1n) is 6.99. The van der Waals surface area contributed by atoms with Crippen LogP contribution in [0.5, 0.6) is 0 Å². The van der Waals surface area contributed by atoms with Gasteiger partial charge < -0.3 is 10.0 Å². The zero-order chi connectivity index (χ0) is 14.0. The van der Waals surface area contributed by atoms with Crippen LogP contribution in [0.15, 0.2) is 6.07 Å². The Morgan fingerprint density at radius 1 is 1.47 bits per heavy atom. The second-order valence-electron chi connectivity index (χ2n) is 5.42. The van der Waals surface area contributed by atoms with Crippen LogP contribution >= 0.6 is 0 Å². The van der Waals surface area contributed by atoms with Crippen molar-refractivity contribution in [3.63, 3.8) is 0 Å². The van der Waals surface area contributed by atoms with Crippen molar-refractivity contribution >= 4 is 11.8 Å². The summed E-state index contributed by atoms with van der Waals surface area (Å²) in [4.78, 5) is 18.1. The first-order valence-corrected chi connectivity index (χ1v) is 6.99. The summed E-state index contributed by atoms with van der Waals surface area (Å²) < 4.78 is 0. The fraction of sp³-hybridized carbons (Fsp3) is 0.600. The molecule has 1 aromatic rings. The highest BCUT2D eigenvalue weighted by atomic mass is 16.4. The zero-order valence-electron chi connectivity index (χ0n) is 11.9. The monoisotopic (exact) mass is 262 g/mol. The van der Waals surface area contributed by atoms with Gasteiger partial charge in [0, 0.05) is 18.8 Å². The minimum atomic E-state index is -0.882. The third-order valence-electron chi connectivity index (χ3n) is 3.92. The van der Waals surface area contributed by atoms with Crippen LogP contribution in [0.25, 0.3) is 0 Å². The molecule has 0 amide bonds. The predicted octanol–water partition coefficient (Wildman–Crippen LogP) is 3.02. The highest BCUT2D eigenvalue weighted by molar-refractivity contribution is 5.95. The molecule has 0 radical (unpaired) electrons. The lowest BCUT2D eigenvalue weighted by Crippen LogP contribution is -2.34. The molecule has 1 aliphatic rings. The number of aryl methyl sites for hydroxylation is 2. The molecule has 0 bridgehead atoms. The molecule has 0 aromatic carbocycles. The van der Waals surface area contributed by atoms with E-state index in [0.717, 1.165) is 24.3 Å². The lowest BCUT2D eigenvalue weighted by Gasteiger charge is -2.33. The second-order valence-corrected chi connectivity index (χ2v) is 5.42. The number of aromatic nitrogens is 1. The Labute approximate surface area is 114 Å². The smallest absolute Gasteiger partial charge is 0.339 e. The Morgan fingerprint density at radius 3 is 2.63 bits per heavy atom. The number of aromatic carboxylic acids is 1. The summed E-state index contributed by atoms with van der Waals surface area (Å²) in [6.07, 6.45) is 3.81. The van der Waals surface area contributed by atoms with E-state index in [1.54, 1.807) is 0 Å². The lowest BCUT2D eigenvalue weighted by molar-refractivity contribution is 0.0696. The molecule has 1 aromatic heterocycles.